The Bertz CT molecular complexity index is 420. The third-order valence-corrected chi connectivity index (χ3v) is 4.07. The van der Waals surface area contributed by atoms with Crippen LogP contribution in [0.1, 0.15) is 62.1 Å². The van der Waals surface area contributed by atoms with Crippen LogP contribution in [0, 0.1) is 13.8 Å². The van der Waals surface area contributed by atoms with Gasteiger partial charge in [0.2, 0.25) is 0 Å². The zero-order chi connectivity index (χ0) is 14.4. The Hall–Kier alpha value is -1.24. The molecule has 106 valence electrons. The van der Waals surface area contributed by atoms with Crippen molar-refractivity contribution < 1.29 is 0 Å². The molecule has 1 aromatic rings. The largest absolute Gasteiger partial charge is 0.351 e. The van der Waals surface area contributed by atoms with Gasteiger partial charge in [0, 0.05) is 12.7 Å². The van der Waals surface area contributed by atoms with E-state index in [1.165, 1.54) is 48.1 Å². The number of aryl methyl sites for hydroxylation is 2. The van der Waals surface area contributed by atoms with Gasteiger partial charge in [-0.2, -0.15) is 0 Å². The maximum absolute atomic E-state index is 3.89. The molecule has 0 saturated carbocycles. The molecule has 0 aromatic heterocycles. The van der Waals surface area contributed by atoms with E-state index >= 15 is 0 Å². The predicted octanol–water partition coefficient (Wildman–Crippen LogP) is 5.57. The van der Waals surface area contributed by atoms with Crippen LogP contribution in [0.4, 0.5) is 5.69 Å². The molecule has 0 saturated heterocycles. The van der Waals surface area contributed by atoms with Gasteiger partial charge in [0.15, 0.2) is 0 Å². The Kier molecular flexibility index (Phi) is 6.14. The first kappa shape index (κ1) is 15.8. The lowest BCUT2D eigenvalue weighted by molar-refractivity contribution is 0.598. The minimum absolute atomic E-state index is 0.614. The molecule has 19 heavy (non-hydrogen) atoms. The van der Waals surface area contributed by atoms with Crippen LogP contribution < -0.4 is 4.90 Å². The van der Waals surface area contributed by atoms with Gasteiger partial charge in [0.25, 0.3) is 0 Å². The summed E-state index contributed by atoms with van der Waals surface area (Å²) in [5.74, 6) is 0.614. The lowest BCUT2D eigenvalue weighted by atomic mass is 9.90. The monoisotopic (exact) mass is 259 g/mol. The quantitative estimate of drug-likeness (QED) is 0.579. The first-order chi connectivity index (χ1) is 9.01. The molecule has 0 N–H and O–H groups in total. The van der Waals surface area contributed by atoms with E-state index in [1.54, 1.807) is 0 Å². The molecule has 0 aliphatic heterocycles. The number of hydrogen-bond donors (Lipinski definition) is 0. The molecule has 0 spiro atoms. The van der Waals surface area contributed by atoms with E-state index in [-0.39, 0.29) is 0 Å². The van der Waals surface area contributed by atoms with Crippen LogP contribution in [0.25, 0.3) is 0 Å². The highest BCUT2D eigenvalue weighted by atomic mass is 15.1. The van der Waals surface area contributed by atoms with Gasteiger partial charge in [0.05, 0.1) is 0 Å². The topological polar surface area (TPSA) is 3.24 Å². The van der Waals surface area contributed by atoms with Crippen LogP contribution in [0.2, 0.25) is 0 Å². The van der Waals surface area contributed by atoms with Crippen molar-refractivity contribution in [3.05, 3.63) is 41.6 Å². The second kappa shape index (κ2) is 7.37. The van der Waals surface area contributed by atoms with Crippen molar-refractivity contribution in [1.29, 1.82) is 0 Å². The maximum Gasteiger partial charge on any atom is 0.0441 e. The van der Waals surface area contributed by atoms with E-state index in [9.17, 15) is 0 Å². The number of nitrogens with zero attached hydrogens (tertiary/aromatic N) is 1. The van der Waals surface area contributed by atoms with Gasteiger partial charge in [0.1, 0.15) is 0 Å². The molecule has 0 unspecified atom stereocenters. The van der Waals surface area contributed by atoms with Crippen LogP contribution in [0.3, 0.4) is 0 Å². The first-order valence-corrected chi connectivity index (χ1v) is 7.47. The van der Waals surface area contributed by atoms with Crippen LogP contribution >= 0.6 is 0 Å². The van der Waals surface area contributed by atoms with Gasteiger partial charge in [-0.3, -0.25) is 0 Å². The summed E-state index contributed by atoms with van der Waals surface area (Å²) in [6, 6.07) is 4.66. The molecule has 1 heteroatoms. The Morgan fingerprint density at radius 3 is 2.42 bits per heavy atom. The minimum atomic E-state index is 0.614. The van der Waals surface area contributed by atoms with Crippen molar-refractivity contribution in [2.24, 2.45) is 0 Å². The number of anilines is 1. The zero-order valence-electron chi connectivity index (χ0n) is 13.3. The first-order valence-electron chi connectivity index (χ1n) is 7.47. The molecule has 1 rings (SSSR count). The van der Waals surface area contributed by atoms with Crippen molar-refractivity contribution in [3.8, 4) is 0 Å². The maximum atomic E-state index is 3.89. The lowest BCUT2D eigenvalue weighted by Crippen LogP contribution is -2.12. The molecular weight excluding hydrogens is 230 g/mol. The molecule has 1 aromatic carbocycles. The summed E-state index contributed by atoms with van der Waals surface area (Å²) in [7, 11) is 2.08. The van der Waals surface area contributed by atoms with E-state index in [2.05, 4.69) is 58.4 Å². The standard InChI is InChI=1S/C18H29N/c1-7-9-10-11-14(3)17-12-15(4)16(5)13-18(17)19(6)8-2/h8,12-14H,2,7,9-11H2,1,3-6H3/t14-/m0/s1. The molecular formula is C18H29N. The SMILES string of the molecule is C=CN(C)c1cc(C)c(C)cc1[C@@H](C)CCCCC. The van der Waals surface area contributed by atoms with Crippen molar-refractivity contribution in [2.45, 2.75) is 59.3 Å². The Balaban J connectivity index is 3.02. The minimum Gasteiger partial charge on any atom is -0.351 e. The van der Waals surface area contributed by atoms with Crippen LogP contribution in [-0.4, -0.2) is 7.05 Å². The van der Waals surface area contributed by atoms with Gasteiger partial charge in [-0.05, 0) is 55.1 Å². The molecule has 0 aliphatic rings. The molecule has 0 amide bonds. The van der Waals surface area contributed by atoms with Gasteiger partial charge in [-0.1, -0.05) is 45.8 Å². The Morgan fingerprint density at radius 2 is 1.84 bits per heavy atom. The average Bonchev–Trinajstić information content (AvgIpc) is 2.40. The summed E-state index contributed by atoms with van der Waals surface area (Å²) in [5, 5.41) is 0. The van der Waals surface area contributed by atoms with Crippen molar-refractivity contribution >= 4 is 5.69 Å². The van der Waals surface area contributed by atoms with Gasteiger partial charge in [-0.25, -0.2) is 0 Å². The fraction of sp³-hybridized carbons (Fsp3) is 0.556. The highest BCUT2D eigenvalue weighted by Crippen LogP contribution is 2.33. The molecule has 1 nitrogen and oxygen atoms in total. The van der Waals surface area contributed by atoms with E-state index in [1.807, 2.05) is 6.20 Å². The lowest BCUT2D eigenvalue weighted by Gasteiger charge is -2.24. The van der Waals surface area contributed by atoms with Crippen molar-refractivity contribution in [3.63, 3.8) is 0 Å². The summed E-state index contributed by atoms with van der Waals surface area (Å²) in [4.78, 5) is 2.14. The van der Waals surface area contributed by atoms with E-state index in [0.29, 0.717) is 5.92 Å². The normalized spacial score (nSPS) is 12.3. The predicted molar refractivity (Wildman–Crippen MR) is 87.1 cm³/mol. The second-order valence-electron chi connectivity index (χ2n) is 5.69. The number of benzene rings is 1. The van der Waals surface area contributed by atoms with Crippen LogP contribution in [0.5, 0.6) is 0 Å². The van der Waals surface area contributed by atoms with E-state index < -0.39 is 0 Å². The third-order valence-electron chi connectivity index (χ3n) is 4.07. The van der Waals surface area contributed by atoms with Gasteiger partial charge >= 0.3 is 0 Å². The van der Waals surface area contributed by atoms with Crippen LogP contribution in [0.15, 0.2) is 24.9 Å². The number of hydrogen-bond acceptors (Lipinski definition) is 1. The fourth-order valence-electron chi connectivity index (χ4n) is 2.48. The van der Waals surface area contributed by atoms with Crippen LogP contribution in [-0.2, 0) is 0 Å². The highest BCUT2D eigenvalue weighted by Gasteiger charge is 2.14. The Labute approximate surface area is 119 Å². The Morgan fingerprint density at radius 1 is 1.21 bits per heavy atom. The van der Waals surface area contributed by atoms with Crippen molar-refractivity contribution in [2.75, 3.05) is 11.9 Å². The smallest absolute Gasteiger partial charge is 0.0441 e. The average molecular weight is 259 g/mol. The second-order valence-corrected chi connectivity index (χ2v) is 5.69. The van der Waals surface area contributed by atoms with Gasteiger partial charge in [-0.15, -0.1) is 0 Å². The molecule has 0 heterocycles. The fourth-order valence-corrected chi connectivity index (χ4v) is 2.48. The summed E-state index contributed by atoms with van der Waals surface area (Å²) in [5.41, 5.74) is 5.51. The zero-order valence-corrected chi connectivity index (χ0v) is 13.3. The summed E-state index contributed by atoms with van der Waals surface area (Å²) >= 11 is 0. The highest BCUT2D eigenvalue weighted by molar-refractivity contribution is 5.59. The van der Waals surface area contributed by atoms with Gasteiger partial charge < -0.3 is 4.90 Å². The summed E-state index contributed by atoms with van der Waals surface area (Å²) in [6.07, 6.45) is 7.11. The molecule has 1 atom stereocenters. The molecule has 0 bridgehead atoms. The summed E-state index contributed by atoms with van der Waals surface area (Å²) < 4.78 is 0. The summed E-state index contributed by atoms with van der Waals surface area (Å²) in [6.45, 7) is 12.9. The third kappa shape index (κ3) is 4.12. The van der Waals surface area contributed by atoms with E-state index in [4.69, 9.17) is 0 Å². The van der Waals surface area contributed by atoms with Crippen molar-refractivity contribution in [1.82, 2.24) is 0 Å². The number of unbranched alkanes of at least 4 members (excludes halogenated alkanes) is 2. The molecule has 0 fully saturated rings. The molecule has 0 radical (unpaired) electrons. The number of rotatable bonds is 7. The molecule has 0 aliphatic carbocycles. The van der Waals surface area contributed by atoms with E-state index in [0.717, 1.165) is 0 Å².